The number of amides is 1. The zero-order valence-electron chi connectivity index (χ0n) is 18.2. The van der Waals surface area contributed by atoms with Gasteiger partial charge in [0.1, 0.15) is 11.2 Å². The molecule has 0 radical (unpaired) electrons. The zero-order valence-corrected chi connectivity index (χ0v) is 21.1. The number of nitrogens with one attached hydrogen (secondary N) is 1. The smallest absolute Gasteiger partial charge is 0.293 e. The third kappa shape index (κ3) is 4.95. The molecule has 0 saturated carbocycles. The molecule has 1 fully saturated rings. The number of carbonyl (C=O) groups excluding carboxylic acids is 1. The van der Waals surface area contributed by atoms with E-state index in [0.29, 0.717) is 65.3 Å². The van der Waals surface area contributed by atoms with Gasteiger partial charge in [0.15, 0.2) is 5.58 Å². The number of benzene rings is 3. The van der Waals surface area contributed by atoms with Crippen LogP contribution in [0.2, 0.25) is 5.02 Å². The summed E-state index contributed by atoms with van der Waals surface area (Å²) in [5.74, 6) is -0.0910. The first kappa shape index (κ1) is 23.5. The van der Waals surface area contributed by atoms with Crippen LogP contribution in [0.4, 0.5) is 17.1 Å². The second-order valence-corrected chi connectivity index (χ2v) is 9.49. The number of hydrogen-bond donors (Lipinski definition) is 1. The molecule has 0 bridgehead atoms. The molecule has 9 nitrogen and oxygen atoms in total. The Morgan fingerprint density at radius 3 is 2.69 bits per heavy atom. The molecule has 0 aliphatic carbocycles. The van der Waals surface area contributed by atoms with Crippen molar-refractivity contribution in [2.24, 2.45) is 0 Å². The summed E-state index contributed by atoms with van der Waals surface area (Å²) >= 11 is 8.49. The number of hydrogen-bond acceptors (Lipinski definition) is 7. The van der Waals surface area contributed by atoms with Crippen LogP contribution in [0.5, 0.6) is 0 Å². The van der Waals surface area contributed by atoms with E-state index in [0.717, 1.165) is 3.57 Å². The average Bonchev–Trinajstić information content (AvgIpc) is 3.29. The van der Waals surface area contributed by atoms with Gasteiger partial charge in [-0.3, -0.25) is 14.9 Å². The third-order valence-electron chi connectivity index (χ3n) is 5.59. The number of morpholine rings is 1. The molecule has 1 aliphatic heterocycles. The van der Waals surface area contributed by atoms with Gasteiger partial charge in [0, 0.05) is 34.0 Å². The summed E-state index contributed by atoms with van der Waals surface area (Å²) in [5, 5.41) is 15.0. The Bertz CT molecular complexity index is 1450. The highest BCUT2D eigenvalue weighted by atomic mass is 127. The number of anilines is 2. The van der Waals surface area contributed by atoms with Crippen LogP contribution in [0.25, 0.3) is 22.6 Å². The summed E-state index contributed by atoms with van der Waals surface area (Å²) in [4.78, 5) is 30.5. The van der Waals surface area contributed by atoms with Gasteiger partial charge in [-0.1, -0.05) is 11.6 Å². The highest BCUT2D eigenvalue weighted by Gasteiger charge is 2.23. The quantitative estimate of drug-likeness (QED) is 0.175. The van der Waals surface area contributed by atoms with Gasteiger partial charge in [-0.15, -0.1) is 0 Å². The van der Waals surface area contributed by atoms with Crippen molar-refractivity contribution >= 4 is 68.3 Å². The molecule has 0 unspecified atom stereocenters. The molecule has 2 heterocycles. The number of ether oxygens (including phenoxy) is 1. The van der Waals surface area contributed by atoms with Gasteiger partial charge in [0.2, 0.25) is 5.89 Å². The summed E-state index contributed by atoms with van der Waals surface area (Å²) in [6.07, 6.45) is 0. The summed E-state index contributed by atoms with van der Waals surface area (Å²) in [5.41, 5.74) is 2.77. The topological polar surface area (TPSA) is 111 Å². The molecule has 5 rings (SSSR count). The molecule has 1 N–H and O–H groups in total. The van der Waals surface area contributed by atoms with E-state index >= 15 is 0 Å². The Morgan fingerprint density at radius 1 is 1.11 bits per heavy atom. The van der Waals surface area contributed by atoms with E-state index in [4.69, 9.17) is 20.8 Å². The number of halogens is 2. The number of rotatable bonds is 5. The highest BCUT2D eigenvalue weighted by molar-refractivity contribution is 14.1. The minimum Gasteiger partial charge on any atom is -0.436 e. The molecular weight excluding hydrogens is 587 g/mol. The van der Waals surface area contributed by atoms with Gasteiger partial charge >= 0.3 is 0 Å². The molecule has 11 heteroatoms. The molecule has 3 aromatic carbocycles. The fraction of sp³-hybridized carbons (Fsp3) is 0.167. The Hall–Kier alpha value is -3.22. The van der Waals surface area contributed by atoms with E-state index < -0.39 is 10.8 Å². The SMILES string of the molecule is O=C(Nc1ccc2oc(-c3cc(I)ccc3Cl)nc2c1)c1ccc(N2CCOCC2)c([N+](=O)[O-])c1. The van der Waals surface area contributed by atoms with E-state index in [1.807, 2.05) is 17.0 Å². The molecule has 1 aromatic heterocycles. The summed E-state index contributed by atoms with van der Waals surface area (Å²) in [7, 11) is 0. The van der Waals surface area contributed by atoms with E-state index in [1.54, 1.807) is 36.4 Å². The molecule has 178 valence electrons. The van der Waals surface area contributed by atoms with Crippen LogP contribution in [-0.4, -0.2) is 42.1 Å². The minimum absolute atomic E-state index is 0.120. The van der Waals surface area contributed by atoms with E-state index in [9.17, 15) is 14.9 Å². The van der Waals surface area contributed by atoms with Gasteiger partial charge in [-0.2, -0.15) is 0 Å². The Morgan fingerprint density at radius 2 is 1.91 bits per heavy atom. The molecule has 0 spiro atoms. The Labute approximate surface area is 218 Å². The van der Waals surface area contributed by atoms with Crippen LogP contribution in [0.3, 0.4) is 0 Å². The van der Waals surface area contributed by atoms with Crippen molar-refractivity contribution in [2.45, 2.75) is 0 Å². The van der Waals surface area contributed by atoms with Crippen LogP contribution in [0.1, 0.15) is 10.4 Å². The fourth-order valence-electron chi connectivity index (χ4n) is 3.87. The molecule has 1 saturated heterocycles. The van der Waals surface area contributed by atoms with Crippen molar-refractivity contribution in [3.8, 4) is 11.5 Å². The van der Waals surface area contributed by atoms with Crippen molar-refractivity contribution in [2.75, 3.05) is 36.5 Å². The number of carbonyl (C=O) groups is 1. The highest BCUT2D eigenvalue weighted by Crippen LogP contribution is 2.33. The maximum atomic E-state index is 12.9. The van der Waals surface area contributed by atoms with Crippen LogP contribution in [0.15, 0.2) is 59.0 Å². The van der Waals surface area contributed by atoms with Gasteiger partial charge in [-0.05, 0) is 71.1 Å². The first-order valence-electron chi connectivity index (χ1n) is 10.7. The van der Waals surface area contributed by atoms with Crippen molar-refractivity contribution in [3.63, 3.8) is 0 Å². The normalized spacial score (nSPS) is 13.7. The number of nitro groups is 1. The van der Waals surface area contributed by atoms with Gasteiger partial charge in [0.05, 0.1) is 28.7 Å². The van der Waals surface area contributed by atoms with Gasteiger partial charge in [0.25, 0.3) is 11.6 Å². The monoisotopic (exact) mass is 604 g/mol. The largest absolute Gasteiger partial charge is 0.436 e. The number of aromatic nitrogens is 1. The van der Waals surface area contributed by atoms with Crippen LogP contribution < -0.4 is 10.2 Å². The van der Waals surface area contributed by atoms with Crippen LogP contribution in [-0.2, 0) is 4.74 Å². The standard InChI is InChI=1S/C24H18ClIN4O5/c25-18-4-2-15(26)12-17(18)24-28-19-13-16(3-6-22(19)35-24)27-23(31)14-1-5-20(21(11-14)30(32)33)29-7-9-34-10-8-29/h1-6,11-13H,7-10H2,(H,27,31). The summed E-state index contributed by atoms with van der Waals surface area (Å²) in [6, 6.07) is 15.1. The molecule has 0 atom stereocenters. The lowest BCUT2D eigenvalue weighted by Gasteiger charge is -2.28. The molecule has 1 aliphatic rings. The number of oxazole rings is 1. The Balaban J connectivity index is 1.39. The van der Waals surface area contributed by atoms with Crippen molar-refractivity contribution < 1.29 is 18.9 Å². The first-order valence-corrected chi connectivity index (χ1v) is 12.1. The lowest BCUT2D eigenvalue weighted by molar-refractivity contribution is -0.384. The van der Waals surface area contributed by atoms with Crippen LogP contribution in [0, 0.1) is 13.7 Å². The first-order chi connectivity index (χ1) is 16.9. The van der Waals surface area contributed by atoms with Gasteiger partial charge < -0.3 is 19.4 Å². The molecule has 35 heavy (non-hydrogen) atoms. The zero-order chi connectivity index (χ0) is 24.5. The maximum Gasteiger partial charge on any atom is 0.293 e. The molecular formula is C24H18ClIN4O5. The second-order valence-electron chi connectivity index (χ2n) is 7.84. The second kappa shape index (κ2) is 9.80. The van der Waals surface area contributed by atoms with E-state index in [2.05, 4.69) is 32.9 Å². The lowest BCUT2D eigenvalue weighted by atomic mass is 10.1. The fourth-order valence-corrected chi connectivity index (χ4v) is 4.56. The van der Waals surface area contributed by atoms with E-state index in [1.165, 1.54) is 6.07 Å². The summed E-state index contributed by atoms with van der Waals surface area (Å²) in [6.45, 7) is 2.11. The minimum atomic E-state index is -0.472. The number of nitro benzene ring substituents is 1. The van der Waals surface area contributed by atoms with E-state index in [-0.39, 0.29) is 11.3 Å². The molecule has 1 amide bonds. The van der Waals surface area contributed by atoms with Crippen molar-refractivity contribution in [1.29, 1.82) is 0 Å². The Kier molecular flexibility index (Phi) is 6.58. The number of nitrogens with zero attached hydrogens (tertiary/aromatic N) is 3. The maximum absolute atomic E-state index is 12.9. The van der Waals surface area contributed by atoms with Gasteiger partial charge in [-0.25, -0.2) is 4.98 Å². The van der Waals surface area contributed by atoms with Crippen molar-refractivity contribution in [1.82, 2.24) is 4.98 Å². The predicted octanol–water partition coefficient (Wildman–Crippen LogP) is 5.75. The van der Waals surface area contributed by atoms with Crippen molar-refractivity contribution in [3.05, 3.63) is 78.9 Å². The van der Waals surface area contributed by atoms with Crippen LogP contribution >= 0.6 is 34.2 Å². The molecule has 4 aromatic rings. The third-order valence-corrected chi connectivity index (χ3v) is 6.59. The summed E-state index contributed by atoms with van der Waals surface area (Å²) < 4.78 is 12.2. The number of fused-ring (bicyclic) bond motifs is 1. The lowest BCUT2D eigenvalue weighted by Crippen LogP contribution is -2.36. The average molecular weight is 605 g/mol. The predicted molar refractivity (Wildman–Crippen MR) is 141 cm³/mol.